The van der Waals surface area contributed by atoms with Gasteiger partial charge in [-0.05, 0) is 12.1 Å². The number of anilines is 1. The van der Waals surface area contributed by atoms with Crippen LogP contribution in [0.15, 0.2) is 30.3 Å². The van der Waals surface area contributed by atoms with Gasteiger partial charge in [-0.25, -0.2) is 4.79 Å². The highest BCUT2D eigenvalue weighted by molar-refractivity contribution is 5.71. The first-order valence-corrected chi connectivity index (χ1v) is 4.48. The Labute approximate surface area is 87.6 Å². The fourth-order valence-corrected chi connectivity index (χ4v) is 1.04. The lowest BCUT2D eigenvalue weighted by Crippen LogP contribution is -2.49. The summed E-state index contributed by atoms with van der Waals surface area (Å²) in [6.07, 6.45) is 0. The molecular formula is C9H14N4O2. The number of nitrogens with one attached hydrogen (secondary N) is 2. The lowest BCUT2D eigenvalue weighted by Gasteiger charge is -2.22. The number of nitrogens with two attached hydrogens (primary N) is 1. The molecule has 0 aliphatic heterocycles. The number of urea groups is 1. The molecule has 2 amide bonds. The van der Waals surface area contributed by atoms with E-state index in [1.54, 1.807) is 0 Å². The summed E-state index contributed by atoms with van der Waals surface area (Å²) in [6.45, 7) is 0.137. The van der Waals surface area contributed by atoms with E-state index >= 15 is 0 Å². The van der Waals surface area contributed by atoms with Crippen molar-refractivity contribution in [1.82, 2.24) is 10.5 Å². The molecule has 0 fully saturated rings. The van der Waals surface area contributed by atoms with Crippen molar-refractivity contribution in [3.8, 4) is 0 Å². The minimum absolute atomic E-state index is 0.0971. The van der Waals surface area contributed by atoms with Gasteiger partial charge in [-0.1, -0.05) is 18.2 Å². The van der Waals surface area contributed by atoms with Crippen LogP contribution >= 0.6 is 0 Å². The highest BCUT2D eigenvalue weighted by atomic mass is 16.3. The number of nitrogens with zero attached hydrogens (tertiary/aromatic N) is 1. The predicted octanol–water partition coefficient (Wildman–Crippen LogP) is -0.109. The van der Waals surface area contributed by atoms with Crippen LogP contribution in [0.25, 0.3) is 0 Å². The SMILES string of the molecule is NC(=O)NN(CCO)Nc1ccccc1. The van der Waals surface area contributed by atoms with Crippen molar-refractivity contribution in [2.75, 3.05) is 18.6 Å². The molecule has 0 spiro atoms. The maximum atomic E-state index is 10.6. The molecule has 0 saturated carbocycles. The minimum Gasteiger partial charge on any atom is -0.395 e. The summed E-state index contributed by atoms with van der Waals surface area (Å²) in [6, 6.07) is 8.54. The van der Waals surface area contributed by atoms with Crippen LogP contribution in [0.5, 0.6) is 0 Å². The van der Waals surface area contributed by atoms with Crippen LogP contribution < -0.4 is 16.6 Å². The number of para-hydroxylation sites is 1. The van der Waals surface area contributed by atoms with Crippen molar-refractivity contribution in [1.29, 1.82) is 0 Å². The Kier molecular flexibility index (Phi) is 4.39. The maximum Gasteiger partial charge on any atom is 0.328 e. The van der Waals surface area contributed by atoms with Crippen LogP contribution in [0, 0.1) is 0 Å². The summed E-state index contributed by atoms with van der Waals surface area (Å²) in [5, 5.41) is 10.1. The third kappa shape index (κ3) is 4.30. The summed E-state index contributed by atoms with van der Waals surface area (Å²) >= 11 is 0. The van der Waals surface area contributed by atoms with E-state index in [2.05, 4.69) is 10.9 Å². The van der Waals surface area contributed by atoms with Crippen molar-refractivity contribution in [3.63, 3.8) is 0 Å². The Morgan fingerprint density at radius 1 is 1.40 bits per heavy atom. The zero-order valence-corrected chi connectivity index (χ0v) is 8.18. The average Bonchev–Trinajstić information content (AvgIpc) is 2.18. The van der Waals surface area contributed by atoms with Crippen LogP contribution in [0.1, 0.15) is 0 Å². The normalized spacial score (nSPS) is 10.0. The molecule has 82 valence electrons. The summed E-state index contributed by atoms with van der Waals surface area (Å²) in [7, 11) is 0. The molecule has 1 aromatic carbocycles. The van der Waals surface area contributed by atoms with Crippen molar-refractivity contribution >= 4 is 11.7 Å². The van der Waals surface area contributed by atoms with Gasteiger partial charge in [0.15, 0.2) is 0 Å². The molecule has 5 N–H and O–H groups in total. The van der Waals surface area contributed by atoms with E-state index in [-0.39, 0.29) is 13.2 Å². The molecule has 1 aromatic rings. The Bertz CT molecular complexity index is 304. The van der Waals surface area contributed by atoms with Crippen molar-refractivity contribution < 1.29 is 9.90 Å². The zero-order chi connectivity index (χ0) is 11.1. The molecule has 6 heteroatoms. The molecule has 6 nitrogen and oxygen atoms in total. The molecule has 0 heterocycles. The molecule has 1 rings (SSSR count). The summed E-state index contributed by atoms with van der Waals surface area (Å²) in [4.78, 5) is 10.6. The Hall–Kier alpha value is -1.79. The van der Waals surface area contributed by atoms with Crippen LogP contribution in [-0.2, 0) is 0 Å². The van der Waals surface area contributed by atoms with E-state index in [0.717, 1.165) is 5.69 Å². The first-order valence-electron chi connectivity index (χ1n) is 4.48. The lowest BCUT2D eigenvalue weighted by atomic mass is 10.3. The van der Waals surface area contributed by atoms with Crippen molar-refractivity contribution in [2.45, 2.75) is 0 Å². The zero-order valence-electron chi connectivity index (χ0n) is 8.18. The third-order valence-electron chi connectivity index (χ3n) is 1.61. The van der Waals surface area contributed by atoms with Gasteiger partial charge in [0.05, 0.1) is 18.8 Å². The van der Waals surface area contributed by atoms with Crippen molar-refractivity contribution in [3.05, 3.63) is 30.3 Å². The number of carbonyl (C=O) groups excluding carboxylic acids is 1. The first kappa shape index (κ1) is 11.3. The second-order valence-corrected chi connectivity index (χ2v) is 2.83. The van der Waals surface area contributed by atoms with E-state index in [1.165, 1.54) is 5.12 Å². The number of primary amides is 1. The van der Waals surface area contributed by atoms with E-state index < -0.39 is 6.03 Å². The number of rotatable bonds is 5. The molecule has 15 heavy (non-hydrogen) atoms. The quantitative estimate of drug-likeness (QED) is 0.510. The smallest absolute Gasteiger partial charge is 0.328 e. The number of benzene rings is 1. The van der Waals surface area contributed by atoms with E-state index in [9.17, 15) is 4.79 Å². The van der Waals surface area contributed by atoms with E-state index in [0.29, 0.717) is 0 Å². The summed E-state index contributed by atoms with van der Waals surface area (Å²) in [5.41, 5.74) is 11.0. The van der Waals surface area contributed by atoms with E-state index in [1.807, 2.05) is 30.3 Å². The first-order chi connectivity index (χ1) is 7.22. The van der Waals surface area contributed by atoms with Crippen LogP contribution in [-0.4, -0.2) is 29.4 Å². The van der Waals surface area contributed by atoms with Crippen LogP contribution in [0.4, 0.5) is 10.5 Å². The third-order valence-corrected chi connectivity index (χ3v) is 1.61. The van der Waals surface area contributed by atoms with Gasteiger partial charge in [0.1, 0.15) is 0 Å². The molecular weight excluding hydrogens is 196 g/mol. The molecule has 0 radical (unpaired) electrons. The highest BCUT2D eigenvalue weighted by Crippen LogP contribution is 2.04. The standard InChI is InChI=1S/C9H14N4O2/c10-9(15)12-13(6-7-14)11-8-4-2-1-3-5-8/h1-5,11,14H,6-7H2,(H3,10,12,15). The second kappa shape index (κ2) is 5.84. The number of aliphatic hydroxyl groups excluding tert-OH is 1. The largest absolute Gasteiger partial charge is 0.395 e. The molecule has 0 unspecified atom stereocenters. The van der Waals surface area contributed by atoms with E-state index in [4.69, 9.17) is 10.8 Å². The van der Waals surface area contributed by atoms with Gasteiger partial charge in [0, 0.05) is 0 Å². The van der Waals surface area contributed by atoms with Gasteiger partial charge in [-0.3, -0.25) is 5.43 Å². The van der Waals surface area contributed by atoms with Gasteiger partial charge >= 0.3 is 6.03 Å². The fraction of sp³-hybridized carbons (Fsp3) is 0.222. The molecule has 0 aliphatic carbocycles. The summed E-state index contributed by atoms with van der Waals surface area (Å²) < 4.78 is 0. The van der Waals surface area contributed by atoms with Gasteiger partial charge in [-0.2, -0.15) is 0 Å². The fourth-order valence-electron chi connectivity index (χ4n) is 1.04. The van der Waals surface area contributed by atoms with Gasteiger partial charge < -0.3 is 16.3 Å². The number of carbonyl (C=O) groups is 1. The number of hydrazine groups is 2. The van der Waals surface area contributed by atoms with Gasteiger partial charge in [0.25, 0.3) is 0 Å². The highest BCUT2D eigenvalue weighted by Gasteiger charge is 2.04. The molecule has 0 saturated heterocycles. The van der Waals surface area contributed by atoms with Crippen molar-refractivity contribution in [2.24, 2.45) is 5.73 Å². The Morgan fingerprint density at radius 2 is 2.07 bits per heavy atom. The van der Waals surface area contributed by atoms with Gasteiger partial charge in [0.2, 0.25) is 0 Å². The molecule has 0 bridgehead atoms. The van der Waals surface area contributed by atoms with Crippen LogP contribution in [0.2, 0.25) is 0 Å². The number of hydrogen-bond donors (Lipinski definition) is 4. The monoisotopic (exact) mass is 210 g/mol. The number of amides is 2. The number of hydrogen-bond acceptors (Lipinski definition) is 4. The molecule has 0 aromatic heterocycles. The predicted molar refractivity (Wildman–Crippen MR) is 56.6 cm³/mol. The molecule has 0 atom stereocenters. The average molecular weight is 210 g/mol. The van der Waals surface area contributed by atoms with Gasteiger partial charge in [-0.15, -0.1) is 5.12 Å². The maximum absolute atomic E-state index is 10.6. The molecule has 0 aliphatic rings. The lowest BCUT2D eigenvalue weighted by molar-refractivity contribution is 0.173. The van der Waals surface area contributed by atoms with Crippen LogP contribution in [0.3, 0.4) is 0 Å². The summed E-state index contributed by atoms with van der Waals surface area (Å²) in [5.74, 6) is 0. The minimum atomic E-state index is -0.688. The number of aliphatic hydroxyl groups is 1. The Morgan fingerprint density at radius 3 is 2.60 bits per heavy atom. The topological polar surface area (TPSA) is 90.6 Å². The second-order valence-electron chi connectivity index (χ2n) is 2.83. The Balaban J connectivity index is 2.54.